The first kappa shape index (κ1) is 21.6. The molecule has 0 aliphatic carbocycles. The normalized spacial score (nSPS) is 16.5. The molecular formula is C27H35N3O. The summed E-state index contributed by atoms with van der Waals surface area (Å²) in [6.07, 6.45) is 9.62. The van der Waals surface area contributed by atoms with Crippen molar-refractivity contribution < 1.29 is 4.79 Å². The number of amides is 1. The molecule has 1 atom stereocenters. The van der Waals surface area contributed by atoms with Crippen LogP contribution in [0.4, 0.5) is 5.69 Å². The monoisotopic (exact) mass is 417 g/mol. The summed E-state index contributed by atoms with van der Waals surface area (Å²) in [5, 5.41) is 0. The molecule has 1 fully saturated rings. The van der Waals surface area contributed by atoms with E-state index in [1.54, 1.807) is 0 Å². The van der Waals surface area contributed by atoms with Gasteiger partial charge in [-0.15, -0.1) is 0 Å². The van der Waals surface area contributed by atoms with Crippen molar-refractivity contribution in [2.45, 2.75) is 77.7 Å². The average Bonchev–Trinajstić information content (AvgIpc) is 3.34. The van der Waals surface area contributed by atoms with Crippen LogP contribution in [-0.2, 0) is 11.3 Å². The van der Waals surface area contributed by atoms with E-state index in [1.165, 1.54) is 50.5 Å². The maximum Gasteiger partial charge on any atom is 0.227 e. The molecule has 4 heteroatoms. The zero-order valence-electron chi connectivity index (χ0n) is 19.0. The third-order valence-electron chi connectivity index (χ3n) is 6.57. The molecule has 1 saturated heterocycles. The summed E-state index contributed by atoms with van der Waals surface area (Å²) in [4.78, 5) is 19.9. The first-order valence-corrected chi connectivity index (χ1v) is 12.0. The molecule has 2 heterocycles. The fourth-order valence-corrected chi connectivity index (χ4v) is 4.85. The van der Waals surface area contributed by atoms with Gasteiger partial charge in [-0.05, 0) is 37.1 Å². The van der Waals surface area contributed by atoms with Gasteiger partial charge in [-0.3, -0.25) is 4.79 Å². The van der Waals surface area contributed by atoms with Crippen LogP contribution in [0.5, 0.6) is 0 Å². The molecule has 0 N–H and O–H groups in total. The first-order chi connectivity index (χ1) is 15.2. The van der Waals surface area contributed by atoms with E-state index >= 15 is 0 Å². The highest BCUT2D eigenvalue weighted by Crippen LogP contribution is 2.34. The van der Waals surface area contributed by atoms with Gasteiger partial charge in [0.15, 0.2) is 0 Å². The molecule has 0 unspecified atom stereocenters. The molecule has 164 valence electrons. The van der Waals surface area contributed by atoms with Gasteiger partial charge in [0.1, 0.15) is 5.82 Å². The molecule has 31 heavy (non-hydrogen) atoms. The van der Waals surface area contributed by atoms with Gasteiger partial charge < -0.3 is 9.47 Å². The van der Waals surface area contributed by atoms with Crippen molar-refractivity contribution >= 4 is 22.6 Å². The standard InChI is InChI=1S/C27H35N3O/c1-3-4-5-6-7-8-13-18-29-25-17-12-10-15-23(25)28-27(29)22-19-26(31)30(20-22)24-16-11-9-14-21(24)2/h9-12,14-17,22H,3-8,13,18-20H2,1-2H3/t22-/m1/s1. The van der Waals surface area contributed by atoms with Crippen molar-refractivity contribution in [1.82, 2.24) is 9.55 Å². The number of carbonyl (C=O) groups excluding carboxylic acids is 1. The third kappa shape index (κ3) is 4.84. The predicted molar refractivity (Wildman–Crippen MR) is 129 cm³/mol. The predicted octanol–water partition coefficient (Wildman–Crippen LogP) is 6.62. The van der Waals surface area contributed by atoms with Crippen molar-refractivity contribution in [3.63, 3.8) is 0 Å². The summed E-state index contributed by atoms with van der Waals surface area (Å²) in [7, 11) is 0. The number of hydrogen-bond donors (Lipinski definition) is 0. The summed E-state index contributed by atoms with van der Waals surface area (Å²) < 4.78 is 2.39. The Morgan fingerprint density at radius 2 is 1.65 bits per heavy atom. The van der Waals surface area contributed by atoms with Crippen LogP contribution < -0.4 is 4.90 Å². The van der Waals surface area contributed by atoms with Gasteiger partial charge in [-0.2, -0.15) is 0 Å². The largest absolute Gasteiger partial charge is 0.328 e. The Kier molecular flexibility index (Phi) is 7.06. The number of imidazole rings is 1. The molecule has 0 radical (unpaired) electrons. The number of hydrogen-bond acceptors (Lipinski definition) is 2. The van der Waals surface area contributed by atoms with Gasteiger partial charge in [0.2, 0.25) is 5.91 Å². The number of rotatable bonds is 10. The lowest BCUT2D eigenvalue weighted by Crippen LogP contribution is -2.25. The van der Waals surface area contributed by atoms with Crippen LogP contribution in [-0.4, -0.2) is 22.0 Å². The topological polar surface area (TPSA) is 38.1 Å². The van der Waals surface area contributed by atoms with E-state index in [4.69, 9.17) is 4.98 Å². The summed E-state index contributed by atoms with van der Waals surface area (Å²) in [5.41, 5.74) is 4.42. The van der Waals surface area contributed by atoms with Crippen LogP contribution in [0.25, 0.3) is 11.0 Å². The second-order valence-electron chi connectivity index (χ2n) is 8.92. The molecule has 3 aromatic rings. The van der Waals surface area contributed by atoms with Gasteiger partial charge in [0, 0.05) is 31.1 Å². The molecule has 0 bridgehead atoms. The second-order valence-corrected chi connectivity index (χ2v) is 8.92. The van der Waals surface area contributed by atoms with E-state index in [9.17, 15) is 4.79 Å². The molecule has 1 amide bonds. The minimum absolute atomic E-state index is 0.143. The third-order valence-corrected chi connectivity index (χ3v) is 6.57. The van der Waals surface area contributed by atoms with Crippen molar-refractivity contribution in [2.24, 2.45) is 0 Å². The van der Waals surface area contributed by atoms with Crippen LogP contribution in [0.3, 0.4) is 0 Å². The maximum absolute atomic E-state index is 12.9. The Morgan fingerprint density at radius 1 is 0.935 bits per heavy atom. The molecule has 1 aromatic heterocycles. The number of nitrogens with zero attached hydrogens (tertiary/aromatic N) is 3. The molecule has 2 aromatic carbocycles. The zero-order valence-corrected chi connectivity index (χ0v) is 19.0. The maximum atomic E-state index is 12.9. The van der Waals surface area contributed by atoms with Crippen LogP contribution in [0, 0.1) is 6.92 Å². The quantitative estimate of drug-likeness (QED) is 0.348. The lowest BCUT2D eigenvalue weighted by molar-refractivity contribution is -0.117. The van der Waals surface area contributed by atoms with E-state index < -0.39 is 0 Å². The van der Waals surface area contributed by atoms with Crippen LogP contribution in [0.15, 0.2) is 48.5 Å². The van der Waals surface area contributed by atoms with E-state index in [2.05, 4.69) is 54.8 Å². The van der Waals surface area contributed by atoms with Crippen molar-refractivity contribution in [3.05, 3.63) is 59.9 Å². The van der Waals surface area contributed by atoms with E-state index in [0.29, 0.717) is 13.0 Å². The van der Waals surface area contributed by atoms with Crippen molar-refractivity contribution in [3.8, 4) is 0 Å². The number of fused-ring (bicyclic) bond motifs is 1. The summed E-state index contributed by atoms with van der Waals surface area (Å²) >= 11 is 0. The number of aromatic nitrogens is 2. The van der Waals surface area contributed by atoms with Gasteiger partial charge in [-0.25, -0.2) is 4.98 Å². The Hall–Kier alpha value is -2.62. The highest BCUT2D eigenvalue weighted by atomic mass is 16.2. The Morgan fingerprint density at radius 3 is 2.45 bits per heavy atom. The average molecular weight is 418 g/mol. The van der Waals surface area contributed by atoms with Crippen molar-refractivity contribution in [2.75, 3.05) is 11.4 Å². The fourth-order valence-electron chi connectivity index (χ4n) is 4.85. The minimum Gasteiger partial charge on any atom is -0.328 e. The van der Waals surface area contributed by atoms with Crippen molar-refractivity contribution in [1.29, 1.82) is 0 Å². The smallest absolute Gasteiger partial charge is 0.227 e. The van der Waals surface area contributed by atoms with Crippen LogP contribution in [0.1, 0.15) is 75.6 Å². The highest BCUT2D eigenvalue weighted by Gasteiger charge is 2.35. The second kappa shape index (κ2) is 10.1. The van der Waals surface area contributed by atoms with Gasteiger partial charge in [-0.1, -0.05) is 75.8 Å². The fraction of sp³-hybridized carbons (Fsp3) is 0.481. The number of para-hydroxylation sites is 3. The summed E-state index contributed by atoms with van der Waals surface area (Å²) in [6, 6.07) is 16.6. The summed E-state index contributed by atoms with van der Waals surface area (Å²) in [6.45, 7) is 6.04. The lowest BCUT2D eigenvalue weighted by atomic mass is 10.1. The lowest BCUT2D eigenvalue weighted by Gasteiger charge is -2.19. The molecule has 0 spiro atoms. The molecule has 4 rings (SSSR count). The molecule has 1 aliphatic heterocycles. The number of unbranched alkanes of at least 4 members (excludes halogenated alkanes) is 6. The first-order valence-electron chi connectivity index (χ1n) is 12.0. The van der Waals surface area contributed by atoms with E-state index in [0.717, 1.165) is 29.1 Å². The molecular weight excluding hydrogens is 382 g/mol. The van der Waals surface area contributed by atoms with Gasteiger partial charge in [0.05, 0.1) is 11.0 Å². The molecule has 1 aliphatic rings. The molecule has 0 saturated carbocycles. The Bertz CT molecular complexity index is 1020. The number of anilines is 1. The summed E-state index contributed by atoms with van der Waals surface area (Å²) in [5.74, 6) is 1.43. The number of benzene rings is 2. The Labute approximate surface area is 186 Å². The SMILES string of the molecule is CCCCCCCCCn1c([C@@H]2CC(=O)N(c3ccccc3C)C2)nc2ccccc21. The number of carbonyl (C=O) groups is 1. The molecule has 4 nitrogen and oxygen atoms in total. The van der Waals surface area contributed by atoms with Gasteiger partial charge >= 0.3 is 0 Å². The van der Waals surface area contributed by atoms with Crippen LogP contribution in [0.2, 0.25) is 0 Å². The number of aryl methyl sites for hydroxylation is 2. The Balaban J connectivity index is 1.50. The minimum atomic E-state index is 0.143. The van der Waals surface area contributed by atoms with Crippen LogP contribution >= 0.6 is 0 Å². The van der Waals surface area contributed by atoms with E-state index in [-0.39, 0.29) is 11.8 Å². The van der Waals surface area contributed by atoms with E-state index in [1.807, 2.05) is 17.0 Å². The highest BCUT2D eigenvalue weighted by molar-refractivity contribution is 5.97. The van der Waals surface area contributed by atoms with Gasteiger partial charge in [0.25, 0.3) is 0 Å². The zero-order chi connectivity index (χ0) is 21.6.